The summed E-state index contributed by atoms with van der Waals surface area (Å²) in [5, 5.41) is 13.2. The number of aromatic nitrogens is 2. The van der Waals surface area contributed by atoms with Gasteiger partial charge >= 0.3 is 5.97 Å². The smallest absolute Gasteiger partial charge is 0.314 e. The van der Waals surface area contributed by atoms with Gasteiger partial charge in [0.1, 0.15) is 0 Å². The van der Waals surface area contributed by atoms with Crippen LogP contribution in [0.1, 0.15) is 18.4 Å². The number of nitrogens with zero attached hydrogens (tertiary/aromatic N) is 2. The highest BCUT2D eigenvalue weighted by Gasteiger charge is 2.51. The van der Waals surface area contributed by atoms with E-state index in [2.05, 4.69) is 11.7 Å². The first-order valence-corrected chi connectivity index (χ1v) is 4.74. The molecule has 1 aromatic rings. The molecule has 0 bridgehead atoms. The van der Waals surface area contributed by atoms with Crippen molar-refractivity contribution in [1.82, 2.24) is 9.78 Å². The summed E-state index contributed by atoms with van der Waals surface area (Å²) in [4.78, 5) is 11.2. The van der Waals surface area contributed by atoms with Crippen molar-refractivity contribution in [2.75, 3.05) is 0 Å². The summed E-state index contributed by atoms with van der Waals surface area (Å²) in [6.45, 7) is 3.56. The number of carboxylic acids is 1. The zero-order chi connectivity index (χ0) is 11.1. The second kappa shape index (κ2) is 3.20. The lowest BCUT2D eigenvalue weighted by molar-refractivity contribution is -0.148. The standard InChI is InChI=1S/C10H13N3O2/c1-2-13-6-7(5-12-13)10(9(14)15)3-8(11)4-10/h2,5-6,8H,1,3-4,11H2,(H,14,15). The van der Waals surface area contributed by atoms with Crippen molar-refractivity contribution in [2.45, 2.75) is 24.3 Å². The average Bonchev–Trinajstić information content (AvgIpc) is 2.60. The van der Waals surface area contributed by atoms with E-state index in [0.29, 0.717) is 18.4 Å². The number of rotatable bonds is 3. The maximum Gasteiger partial charge on any atom is 0.314 e. The Kier molecular flexibility index (Phi) is 2.12. The van der Waals surface area contributed by atoms with Crippen LogP contribution >= 0.6 is 0 Å². The molecule has 1 aromatic heterocycles. The van der Waals surface area contributed by atoms with Gasteiger partial charge in [0.2, 0.25) is 0 Å². The lowest BCUT2D eigenvalue weighted by Gasteiger charge is -2.41. The van der Waals surface area contributed by atoms with Crippen LogP contribution in [0, 0.1) is 0 Å². The molecule has 0 radical (unpaired) electrons. The van der Waals surface area contributed by atoms with Gasteiger partial charge < -0.3 is 10.8 Å². The zero-order valence-corrected chi connectivity index (χ0v) is 8.26. The van der Waals surface area contributed by atoms with Crippen molar-refractivity contribution in [3.63, 3.8) is 0 Å². The van der Waals surface area contributed by atoms with E-state index in [4.69, 9.17) is 5.73 Å². The molecule has 80 valence electrons. The van der Waals surface area contributed by atoms with E-state index in [1.807, 2.05) is 0 Å². The predicted molar refractivity (Wildman–Crippen MR) is 55.1 cm³/mol. The van der Waals surface area contributed by atoms with E-state index in [-0.39, 0.29) is 6.04 Å². The van der Waals surface area contributed by atoms with Gasteiger partial charge in [-0.05, 0) is 12.8 Å². The summed E-state index contributed by atoms with van der Waals surface area (Å²) in [5.41, 5.74) is 5.53. The lowest BCUT2D eigenvalue weighted by atomic mass is 9.62. The summed E-state index contributed by atoms with van der Waals surface area (Å²) in [5.74, 6) is -0.826. The Morgan fingerprint density at radius 2 is 2.47 bits per heavy atom. The third-order valence-corrected chi connectivity index (χ3v) is 2.97. The van der Waals surface area contributed by atoms with Crippen LogP contribution in [0.15, 0.2) is 19.0 Å². The third-order valence-electron chi connectivity index (χ3n) is 2.97. The Balaban J connectivity index is 2.34. The van der Waals surface area contributed by atoms with E-state index in [1.165, 1.54) is 10.9 Å². The number of carboxylic acid groups (broad SMARTS) is 1. The van der Waals surface area contributed by atoms with Gasteiger partial charge in [-0.15, -0.1) is 0 Å². The average molecular weight is 207 g/mol. The van der Waals surface area contributed by atoms with E-state index in [9.17, 15) is 9.90 Å². The van der Waals surface area contributed by atoms with Gasteiger partial charge in [0.25, 0.3) is 0 Å². The van der Waals surface area contributed by atoms with Crippen LogP contribution in [0.5, 0.6) is 0 Å². The molecule has 1 fully saturated rings. The van der Waals surface area contributed by atoms with Crippen molar-refractivity contribution >= 4 is 12.2 Å². The van der Waals surface area contributed by atoms with Crippen molar-refractivity contribution in [2.24, 2.45) is 5.73 Å². The van der Waals surface area contributed by atoms with E-state index in [0.717, 1.165) is 0 Å². The fourth-order valence-corrected chi connectivity index (χ4v) is 2.05. The van der Waals surface area contributed by atoms with E-state index in [1.54, 1.807) is 12.4 Å². The van der Waals surface area contributed by atoms with Crippen LogP contribution < -0.4 is 5.73 Å². The molecular formula is C10H13N3O2. The minimum Gasteiger partial charge on any atom is -0.481 e. The molecule has 3 N–H and O–H groups in total. The van der Waals surface area contributed by atoms with Crippen molar-refractivity contribution < 1.29 is 9.90 Å². The normalized spacial score (nSPS) is 29.5. The van der Waals surface area contributed by atoms with Gasteiger partial charge in [0.05, 0.1) is 11.6 Å². The molecule has 0 aliphatic heterocycles. The number of nitrogens with two attached hydrogens (primary N) is 1. The maximum atomic E-state index is 11.2. The first-order valence-electron chi connectivity index (χ1n) is 4.74. The molecule has 0 atom stereocenters. The SMILES string of the molecule is C=Cn1cc(C2(C(=O)O)CC(N)C2)cn1. The van der Waals surface area contributed by atoms with Crippen molar-refractivity contribution in [1.29, 1.82) is 0 Å². The first kappa shape index (κ1) is 9.92. The monoisotopic (exact) mass is 207 g/mol. The number of carbonyl (C=O) groups is 1. The van der Waals surface area contributed by atoms with Crippen LogP contribution in [-0.4, -0.2) is 26.9 Å². The largest absolute Gasteiger partial charge is 0.481 e. The van der Waals surface area contributed by atoms with Gasteiger partial charge in [-0.25, -0.2) is 4.68 Å². The molecule has 1 heterocycles. The Labute approximate surface area is 87.2 Å². The summed E-state index contributed by atoms with van der Waals surface area (Å²) in [6, 6.07) is -0.0202. The van der Waals surface area contributed by atoms with Gasteiger partial charge in [-0.1, -0.05) is 6.58 Å². The number of hydrogen-bond donors (Lipinski definition) is 2. The predicted octanol–water partition coefficient (Wildman–Crippen LogP) is 0.427. The second-order valence-electron chi connectivity index (χ2n) is 3.95. The van der Waals surface area contributed by atoms with Crippen molar-refractivity contribution in [3.05, 3.63) is 24.5 Å². The lowest BCUT2D eigenvalue weighted by Crippen LogP contribution is -2.54. The molecule has 1 saturated carbocycles. The van der Waals surface area contributed by atoms with Gasteiger partial charge in [-0.2, -0.15) is 5.10 Å². The summed E-state index contributed by atoms with van der Waals surface area (Å²) in [6.07, 6.45) is 5.74. The Morgan fingerprint density at radius 1 is 1.80 bits per heavy atom. The molecular weight excluding hydrogens is 194 g/mol. The molecule has 5 heteroatoms. The molecule has 2 rings (SSSR count). The Bertz CT molecular complexity index is 405. The molecule has 1 aliphatic carbocycles. The van der Waals surface area contributed by atoms with Crippen LogP contribution in [-0.2, 0) is 10.2 Å². The molecule has 1 aliphatic rings. The minimum absolute atomic E-state index is 0.0202. The summed E-state index contributed by atoms with van der Waals surface area (Å²) in [7, 11) is 0. The summed E-state index contributed by atoms with van der Waals surface area (Å²) < 4.78 is 1.50. The molecule has 15 heavy (non-hydrogen) atoms. The number of hydrogen-bond acceptors (Lipinski definition) is 3. The Hall–Kier alpha value is -1.62. The van der Waals surface area contributed by atoms with Crippen LogP contribution in [0.2, 0.25) is 0 Å². The molecule has 0 spiro atoms. The quantitative estimate of drug-likeness (QED) is 0.753. The second-order valence-corrected chi connectivity index (χ2v) is 3.95. The Morgan fingerprint density at radius 3 is 2.87 bits per heavy atom. The maximum absolute atomic E-state index is 11.2. The fraction of sp³-hybridized carbons (Fsp3) is 0.400. The first-order chi connectivity index (χ1) is 7.08. The zero-order valence-electron chi connectivity index (χ0n) is 8.26. The van der Waals surface area contributed by atoms with Gasteiger partial charge in [0.15, 0.2) is 0 Å². The van der Waals surface area contributed by atoms with Gasteiger partial charge in [-0.3, -0.25) is 4.79 Å². The van der Waals surface area contributed by atoms with Crippen molar-refractivity contribution in [3.8, 4) is 0 Å². The fourth-order valence-electron chi connectivity index (χ4n) is 2.05. The van der Waals surface area contributed by atoms with E-state index >= 15 is 0 Å². The topological polar surface area (TPSA) is 81.1 Å². The minimum atomic E-state index is -0.833. The van der Waals surface area contributed by atoms with Crippen LogP contribution in [0.25, 0.3) is 6.20 Å². The van der Waals surface area contributed by atoms with E-state index < -0.39 is 11.4 Å². The third kappa shape index (κ3) is 1.35. The van der Waals surface area contributed by atoms with Crippen LogP contribution in [0.3, 0.4) is 0 Å². The highest BCUT2D eigenvalue weighted by molar-refractivity contribution is 5.83. The number of aliphatic carboxylic acids is 1. The molecule has 0 amide bonds. The highest BCUT2D eigenvalue weighted by atomic mass is 16.4. The van der Waals surface area contributed by atoms with Gasteiger partial charge in [0, 0.05) is 24.0 Å². The molecule has 0 aromatic carbocycles. The summed E-state index contributed by atoms with van der Waals surface area (Å²) >= 11 is 0. The highest BCUT2D eigenvalue weighted by Crippen LogP contribution is 2.43. The molecule has 5 nitrogen and oxygen atoms in total. The molecule has 0 saturated heterocycles. The molecule has 0 unspecified atom stereocenters. The van der Waals surface area contributed by atoms with Crippen LogP contribution in [0.4, 0.5) is 0 Å².